The van der Waals surface area contributed by atoms with E-state index >= 15 is 0 Å². The molecule has 0 aliphatic heterocycles. The van der Waals surface area contributed by atoms with Crippen molar-refractivity contribution in [3.05, 3.63) is 35.6 Å². The van der Waals surface area contributed by atoms with Gasteiger partial charge in [-0.25, -0.2) is 4.39 Å². The van der Waals surface area contributed by atoms with Crippen LogP contribution in [0.3, 0.4) is 0 Å². The second kappa shape index (κ2) is 4.59. The predicted octanol–water partition coefficient (Wildman–Crippen LogP) is 3.86. The Balaban J connectivity index is 2.55. The number of Topliss-reactive ketones (excluding diaryl/α,β-unsaturated/α-hetero) is 1. The largest absolute Gasteiger partial charge is 0.299 e. The molecule has 0 aromatic heterocycles. The van der Waals surface area contributed by atoms with Crippen molar-refractivity contribution >= 4 is 5.78 Å². The minimum Gasteiger partial charge on any atom is -0.299 e. The Morgan fingerprint density at radius 1 is 1.35 bits per heavy atom. The van der Waals surface area contributed by atoms with Crippen LogP contribution in [0.5, 0.6) is 0 Å². The summed E-state index contributed by atoms with van der Waals surface area (Å²) in [5.41, 5.74) is 0.00329. The number of carbonyl (C=O) groups excluding carboxylic acids is 1. The van der Waals surface area contributed by atoms with Gasteiger partial charge in [-0.3, -0.25) is 4.79 Å². The lowest BCUT2D eigenvalue weighted by molar-refractivity contribution is -0.125. The maximum absolute atomic E-state index is 14.0. The number of hydrogen-bond donors (Lipinski definition) is 0. The Labute approximate surface area is 102 Å². The first kappa shape index (κ1) is 12.3. The van der Waals surface area contributed by atoms with E-state index in [2.05, 4.69) is 6.92 Å². The maximum atomic E-state index is 14.0. The second-order valence-corrected chi connectivity index (χ2v) is 5.15. The lowest BCUT2D eigenvalue weighted by Gasteiger charge is -2.41. The van der Waals surface area contributed by atoms with Crippen LogP contribution in [0.4, 0.5) is 4.39 Å². The van der Waals surface area contributed by atoms with Gasteiger partial charge in [0.1, 0.15) is 11.6 Å². The van der Waals surface area contributed by atoms with Gasteiger partial charge in [-0.15, -0.1) is 0 Å². The van der Waals surface area contributed by atoms with Crippen LogP contribution in [0.1, 0.15) is 45.1 Å². The fourth-order valence-electron chi connectivity index (χ4n) is 3.28. The van der Waals surface area contributed by atoms with Gasteiger partial charge >= 0.3 is 0 Å². The third-order valence-corrected chi connectivity index (χ3v) is 4.28. The Hall–Kier alpha value is -1.18. The molecule has 1 aliphatic rings. The minimum absolute atomic E-state index is 0.106. The smallest absolute Gasteiger partial charge is 0.140 e. The highest BCUT2D eigenvalue weighted by molar-refractivity contribution is 5.88. The van der Waals surface area contributed by atoms with Gasteiger partial charge in [0.15, 0.2) is 0 Å². The summed E-state index contributed by atoms with van der Waals surface area (Å²) < 4.78 is 14.0. The van der Waals surface area contributed by atoms with Gasteiger partial charge in [-0.05, 0) is 31.7 Å². The van der Waals surface area contributed by atoms with Gasteiger partial charge < -0.3 is 0 Å². The molecule has 1 nitrogen and oxygen atoms in total. The van der Waals surface area contributed by atoms with Gasteiger partial charge in [-0.2, -0.15) is 0 Å². The molecule has 2 atom stereocenters. The van der Waals surface area contributed by atoms with E-state index in [0.29, 0.717) is 5.56 Å². The van der Waals surface area contributed by atoms with Crippen LogP contribution in [0.2, 0.25) is 0 Å². The highest BCUT2D eigenvalue weighted by Gasteiger charge is 2.45. The monoisotopic (exact) mass is 234 g/mol. The number of benzene rings is 1. The number of hydrogen-bond acceptors (Lipinski definition) is 1. The zero-order valence-corrected chi connectivity index (χ0v) is 10.5. The van der Waals surface area contributed by atoms with E-state index < -0.39 is 5.41 Å². The Kier molecular flexibility index (Phi) is 3.32. The van der Waals surface area contributed by atoms with Crippen molar-refractivity contribution in [1.29, 1.82) is 0 Å². The molecule has 0 radical (unpaired) electrons. The van der Waals surface area contributed by atoms with Crippen LogP contribution >= 0.6 is 0 Å². The summed E-state index contributed by atoms with van der Waals surface area (Å²) in [6.07, 6.45) is 3.95. The lowest BCUT2D eigenvalue weighted by Crippen LogP contribution is -2.43. The second-order valence-electron chi connectivity index (χ2n) is 5.15. The summed E-state index contributed by atoms with van der Waals surface area (Å²) in [6, 6.07) is 6.74. The molecule has 0 N–H and O–H groups in total. The molecule has 0 bridgehead atoms. The van der Waals surface area contributed by atoms with Crippen LogP contribution < -0.4 is 0 Å². The molecular weight excluding hydrogens is 215 g/mol. The maximum Gasteiger partial charge on any atom is 0.140 e. The number of rotatable bonds is 2. The van der Waals surface area contributed by atoms with E-state index in [9.17, 15) is 9.18 Å². The van der Waals surface area contributed by atoms with Crippen LogP contribution in [0.25, 0.3) is 0 Å². The van der Waals surface area contributed by atoms with E-state index in [1.807, 2.05) is 6.07 Å². The molecule has 0 amide bonds. The van der Waals surface area contributed by atoms with Crippen molar-refractivity contribution < 1.29 is 9.18 Å². The minimum atomic E-state index is -0.594. The zero-order chi connectivity index (χ0) is 12.5. The quantitative estimate of drug-likeness (QED) is 0.759. The van der Waals surface area contributed by atoms with Gasteiger partial charge in [0, 0.05) is 5.56 Å². The van der Waals surface area contributed by atoms with Crippen molar-refractivity contribution in [3.63, 3.8) is 0 Å². The van der Waals surface area contributed by atoms with Gasteiger partial charge in [0.25, 0.3) is 0 Å². The molecule has 2 rings (SSSR count). The van der Waals surface area contributed by atoms with E-state index in [4.69, 9.17) is 0 Å². The van der Waals surface area contributed by atoms with E-state index in [-0.39, 0.29) is 17.5 Å². The van der Waals surface area contributed by atoms with Gasteiger partial charge in [-0.1, -0.05) is 38.0 Å². The van der Waals surface area contributed by atoms with E-state index in [1.54, 1.807) is 19.1 Å². The topological polar surface area (TPSA) is 17.1 Å². The number of carbonyl (C=O) groups is 1. The fourth-order valence-corrected chi connectivity index (χ4v) is 3.28. The standard InChI is InChI=1S/C15H19FO/c1-11-7-5-6-10-15(11,12(2)17)13-8-3-4-9-14(13)16/h3-4,8-9,11H,5-7,10H2,1-2H3/t11-,15?/m1/s1. The third kappa shape index (κ3) is 1.90. The molecule has 1 fully saturated rings. The normalized spacial score (nSPS) is 29.0. The molecule has 0 saturated heterocycles. The van der Waals surface area contributed by atoms with Crippen molar-refractivity contribution in [3.8, 4) is 0 Å². The molecule has 17 heavy (non-hydrogen) atoms. The highest BCUT2D eigenvalue weighted by Crippen LogP contribution is 2.45. The molecule has 0 heterocycles. The molecule has 92 valence electrons. The van der Waals surface area contributed by atoms with Crippen molar-refractivity contribution in [2.24, 2.45) is 5.92 Å². The van der Waals surface area contributed by atoms with E-state index in [1.165, 1.54) is 6.07 Å². The molecule has 1 saturated carbocycles. The molecule has 0 spiro atoms. The molecule has 1 unspecified atom stereocenters. The third-order valence-electron chi connectivity index (χ3n) is 4.28. The molecule has 1 aromatic rings. The van der Waals surface area contributed by atoms with Crippen molar-refractivity contribution in [2.45, 2.75) is 44.9 Å². The molecule has 2 heteroatoms. The first-order valence-electron chi connectivity index (χ1n) is 6.35. The average molecular weight is 234 g/mol. The van der Waals surface area contributed by atoms with E-state index in [0.717, 1.165) is 25.7 Å². The van der Waals surface area contributed by atoms with Gasteiger partial charge in [0.05, 0.1) is 5.41 Å². The van der Waals surface area contributed by atoms with Crippen LogP contribution in [-0.2, 0) is 10.2 Å². The average Bonchev–Trinajstić information content (AvgIpc) is 2.30. The first-order chi connectivity index (χ1) is 8.09. The molecule has 1 aliphatic carbocycles. The summed E-state index contributed by atoms with van der Waals surface area (Å²) >= 11 is 0. The lowest BCUT2D eigenvalue weighted by atomic mass is 9.61. The Morgan fingerprint density at radius 2 is 2.06 bits per heavy atom. The van der Waals surface area contributed by atoms with Gasteiger partial charge in [0.2, 0.25) is 0 Å². The predicted molar refractivity (Wildman–Crippen MR) is 66.4 cm³/mol. The summed E-state index contributed by atoms with van der Waals surface area (Å²) in [5.74, 6) is 0.0944. The van der Waals surface area contributed by atoms with Crippen LogP contribution in [-0.4, -0.2) is 5.78 Å². The number of ketones is 1. The number of halogens is 1. The van der Waals surface area contributed by atoms with Crippen LogP contribution in [0, 0.1) is 11.7 Å². The first-order valence-corrected chi connectivity index (χ1v) is 6.35. The molecular formula is C15H19FO. The van der Waals surface area contributed by atoms with Crippen LogP contribution in [0.15, 0.2) is 24.3 Å². The molecule has 1 aromatic carbocycles. The Bertz CT molecular complexity index is 427. The summed E-state index contributed by atoms with van der Waals surface area (Å²) in [6.45, 7) is 3.68. The van der Waals surface area contributed by atoms with Crippen molar-refractivity contribution in [2.75, 3.05) is 0 Å². The SMILES string of the molecule is CC(=O)C1(c2ccccc2F)CCCC[C@H]1C. The summed E-state index contributed by atoms with van der Waals surface area (Å²) in [4.78, 5) is 12.1. The summed E-state index contributed by atoms with van der Waals surface area (Å²) in [5, 5.41) is 0. The van der Waals surface area contributed by atoms with Crippen molar-refractivity contribution in [1.82, 2.24) is 0 Å². The fraction of sp³-hybridized carbons (Fsp3) is 0.533. The Morgan fingerprint density at radius 3 is 2.65 bits per heavy atom. The summed E-state index contributed by atoms with van der Waals surface area (Å²) in [7, 11) is 0. The highest BCUT2D eigenvalue weighted by atomic mass is 19.1. The zero-order valence-electron chi connectivity index (χ0n) is 10.5.